The number of benzene rings is 1. The Morgan fingerprint density at radius 3 is 2.52 bits per heavy atom. The molecule has 0 N–H and O–H groups in total. The second-order valence-corrected chi connectivity index (χ2v) is 10.4. The Morgan fingerprint density at radius 2 is 1.88 bits per heavy atom. The summed E-state index contributed by atoms with van der Waals surface area (Å²) < 4.78 is 54.1. The van der Waals surface area contributed by atoms with Crippen LogP contribution in [0, 0.1) is 0 Å². The number of rotatable bonds is 3. The minimum absolute atomic E-state index is 0.000399. The van der Waals surface area contributed by atoms with Crippen molar-refractivity contribution in [2.24, 2.45) is 0 Å². The van der Waals surface area contributed by atoms with Gasteiger partial charge in [0.2, 0.25) is 15.9 Å². The molecule has 1 fully saturated rings. The highest BCUT2D eigenvalue weighted by Crippen LogP contribution is 2.35. The lowest BCUT2D eigenvalue weighted by Crippen LogP contribution is -2.48. The molecule has 1 amide bonds. The summed E-state index contributed by atoms with van der Waals surface area (Å²) in [6.45, 7) is 0.383. The van der Waals surface area contributed by atoms with Crippen LogP contribution in [-0.2, 0) is 24.7 Å². The van der Waals surface area contributed by atoms with E-state index in [2.05, 4.69) is 0 Å². The van der Waals surface area contributed by atoms with Crippen LogP contribution in [-0.4, -0.2) is 71.1 Å². The molecule has 10 heteroatoms. The molecule has 3 rings (SSSR count). The molecule has 1 aromatic rings. The molecular weight excluding hydrogens is 368 g/mol. The third kappa shape index (κ3) is 4.06. The normalized spacial score (nSPS) is 22.8. The van der Waals surface area contributed by atoms with Crippen LogP contribution in [0.2, 0.25) is 0 Å². The third-order valence-corrected chi connectivity index (χ3v) is 7.05. The fraction of sp³-hybridized carbons (Fsp3) is 0.533. The highest BCUT2D eigenvalue weighted by molar-refractivity contribution is 7.92. The Labute approximate surface area is 147 Å². The number of anilines is 1. The van der Waals surface area contributed by atoms with E-state index in [-0.39, 0.29) is 43.5 Å². The molecule has 0 saturated carbocycles. The molecule has 0 aromatic heterocycles. The minimum atomic E-state index is -3.50. The Hall–Kier alpha value is -1.81. The van der Waals surface area contributed by atoms with Gasteiger partial charge in [0.05, 0.1) is 36.4 Å². The third-order valence-electron chi connectivity index (χ3n) is 4.30. The molecule has 25 heavy (non-hydrogen) atoms. The van der Waals surface area contributed by atoms with Crippen LogP contribution in [0.15, 0.2) is 24.3 Å². The second kappa shape index (κ2) is 6.49. The lowest BCUT2D eigenvalue weighted by atomic mass is 10.1. The SMILES string of the molecule is CS(=O)(=O)N1CC(CC(=O)N2CCS(=O)(=O)CC2)Oc2ccccc21. The van der Waals surface area contributed by atoms with Crippen molar-refractivity contribution >= 4 is 31.5 Å². The molecule has 2 aliphatic rings. The van der Waals surface area contributed by atoms with Crippen molar-refractivity contribution in [1.82, 2.24) is 4.90 Å². The first-order valence-electron chi connectivity index (χ1n) is 7.87. The summed E-state index contributed by atoms with van der Waals surface area (Å²) in [7, 11) is -6.56. The van der Waals surface area contributed by atoms with Crippen molar-refractivity contribution in [2.45, 2.75) is 12.5 Å². The van der Waals surface area contributed by atoms with Crippen molar-refractivity contribution < 1.29 is 26.4 Å². The van der Waals surface area contributed by atoms with E-state index >= 15 is 0 Å². The van der Waals surface area contributed by atoms with E-state index in [0.717, 1.165) is 6.26 Å². The largest absolute Gasteiger partial charge is 0.486 e. The number of sulfonamides is 1. The fourth-order valence-corrected chi connectivity index (χ4v) is 5.12. The summed E-state index contributed by atoms with van der Waals surface area (Å²) in [4.78, 5) is 13.9. The highest BCUT2D eigenvalue weighted by atomic mass is 32.2. The predicted octanol–water partition coefficient (Wildman–Crippen LogP) is -0.139. The number of hydrogen-bond acceptors (Lipinski definition) is 6. The number of fused-ring (bicyclic) bond motifs is 1. The van der Waals surface area contributed by atoms with E-state index in [1.165, 1.54) is 9.21 Å². The first-order chi connectivity index (χ1) is 11.7. The molecule has 1 unspecified atom stereocenters. The number of hydrogen-bond donors (Lipinski definition) is 0. The maximum Gasteiger partial charge on any atom is 0.232 e. The molecule has 0 aliphatic carbocycles. The van der Waals surface area contributed by atoms with Gasteiger partial charge in [-0.15, -0.1) is 0 Å². The second-order valence-electron chi connectivity index (χ2n) is 6.24. The van der Waals surface area contributed by atoms with Crippen LogP contribution in [0.4, 0.5) is 5.69 Å². The number of ether oxygens (including phenoxy) is 1. The molecule has 1 aromatic carbocycles. The van der Waals surface area contributed by atoms with E-state index in [1.54, 1.807) is 24.3 Å². The van der Waals surface area contributed by atoms with Gasteiger partial charge in [-0.25, -0.2) is 16.8 Å². The monoisotopic (exact) mass is 388 g/mol. The number of carbonyl (C=O) groups excluding carboxylic acids is 1. The van der Waals surface area contributed by atoms with Crippen LogP contribution < -0.4 is 9.04 Å². The maximum absolute atomic E-state index is 12.4. The summed E-state index contributed by atoms with van der Waals surface area (Å²) in [5.74, 6) is 0.108. The summed E-state index contributed by atoms with van der Waals surface area (Å²) >= 11 is 0. The highest BCUT2D eigenvalue weighted by Gasteiger charge is 2.34. The molecule has 2 aliphatic heterocycles. The number of para-hydroxylation sites is 2. The molecule has 2 heterocycles. The van der Waals surface area contributed by atoms with Gasteiger partial charge in [0.25, 0.3) is 0 Å². The summed E-state index contributed by atoms with van der Waals surface area (Å²) in [6.07, 6.45) is 0.500. The summed E-state index contributed by atoms with van der Waals surface area (Å²) in [6, 6.07) is 6.78. The van der Waals surface area contributed by atoms with Crippen LogP contribution in [0.5, 0.6) is 5.75 Å². The Morgan fingerprint density at radius 1 is 1.24 bits per heavy atom. The zero-order valence-electron chi connectivity index (χ0n) is 13.8. The van der Waals surface area contributed by atoms with Gasteiger partial charge in [-0.3, -0.25) is 9.10 Å². The van der Waals surface area contributed by atoms with Gasteiger partial charge in [0.15, 0.2) is 9.84 Å². The Bertz CT molecular complexity index is 867. The van der Waals surface area contributed by atoms with Crippen LogP contribution >= 0.6 is 0 Å². The zero-order chi connectivity index (χ0) is 18.2. The quantitative estimate of drug-likeness (QED) is 0.714. The van der Waals surface area contributed by atoms with Crippen molar-refractivity contribution in [3.8, 4) is 5.75 Å². The van der Waals surface area contributed by atoms with Gasteiger partial charge < -0.3 is 9.64 Å². The van der Waals surface area contributed by atoms with E-state index in [9.17, 15) is 21.6 Å². The molecular formula is C15H20N2O6S2. The van der Waals surface area contributed by atoms with Crippen LogP contribution in [0.3, 0.4) is 0 Å². The van der Waals surface area contributed by atoms with Gasteiger partial charge in [0, 0.05) is 13.1 Å². The predicted molar refractivity (Wildman–Crippen MR) is 92.9 cm³/mol. The van der Waals surface area contributed by atoms with E-state index in [4.69, 9.17) is 4.74 Å². The Balaban J connectivity index is 1.73. The molecule has 0 spiro atoms. The van der Waals surface area contributed by atoms with Crippen molar-refractivity contribution in [3.05, 3.63) is 24.3 Å². The molecule has 138 valence electrons. The van der Waals surface area contributed by atoms with Gasteiger partial charge in [-0.2, -0.15) is 0 Å². The summed E-state index contributed by atoms with van der Waals surface area (Å²) in [5.41, 5.74) is 0.456. The smallest absolute Gasteiger partial charge is 0.232 e. The van der Waals surface area contributed by atoms with Gasteiger partial charge in [-0.1, -0.05) is 12.1 Å². The number of carbonyl (C=O) groups is 1. The average molecular weight is 388 g/mol. The first-order valence-corrected chi connectivity index (χ1v) is 11.5. The van der Waals surface area contributed by atoms with E-state index in [0.29, 0.717) is 11.4 Å². The molecule has 8 nitrogen and oxygen atoms in total. The van der Waals surface area contributed by atoms with E-state index in [1.807, 2.05) is 0 Å². The topological polar surface area (TPSA) is 101 Å². The van der Waals surface area contributed by atoms with Gasteiger partial charge >= 0.3 is 0 Å². The number of nitrogens with zero attached hydrogens (tertiary/aromatic N) is 2. The van der Waals surface area contributed by atoms with Crippen LogP contribution in [0.25, 0.3) is 0 Å². The molecule has 1 saturated heterocycles. The van der Waals surface area contributed by atoms with Crippen molar-refractivity contribution in [1.29, 1.82) is 0 Å². The van der Waals surface area contributed by atoms with Crippen LogP contribution in [0.1, 0.15) is 6.42 Å². The average Bonchev–Trinajstić information content (AvgIpc) is 2.53. The Kier molecular flexibility index (Phi) is 4.67. The number of sulfone groups is 1. The molecule has 0 radical (unpaired) electrons. The molecule has 1 atom stereocenters. The lowest BCUT2D eigenvalue weighted by Gasteiger charge is -2.35. The number of amides is 1. The fourth-order valence-electron chi connectivity index (χ4n) is 2.97. The lowest BCUT2D eigenvalue weighted by molar-refractivity contribution is -0.132. The first kappa shape index (κ1) is 18.0. The van der Waals surface area contributed by atoms with Crippen molar-refractivity contribution in [2.75, 3.05) is 41.7 Å². The standard InChI is InChI=1S/C15H20N2O6S2/c1-24(19,20)17-11-12(23-14-5-3-2-4-13(14)17)10-15(18)16-6-8-25(21,22)9-7-16/h2-5,12H,6-11H2,1H3. The van der Waals surface area contributed by atoms with Gasteiger partial charge in [-0.05, 0) is 12.1 Å². The van der Waals surface area contributed by atoms with Crippen molar-refractivity contribution in [3.63, 3.8) is 0 Å². The minimum Gasteiger partial charge on any atom is -0.486 e. The molecule has 0 bridgehead atoms. The zero-order valence-corrected chi connectivity index (χ0v) is 15.4. The summed E-state index contributed by atoms with van der Waals surface area (Å²) in [5, 5.41) is 0. The maximum atomic E-state index is 12.4. The van der Waals surface area contributed by atoms with E-state index < -0.39 is 26.0 Å². The van der Waals surface area contributed by atoms with Gasteiger partial charge in [0.1, 0.15) is 11.9 Å².